The van der Waals surface area contributed by atoms with Crippen molar-refractivity contribution >= 4 is 17.3 Å². The van der Waals surface area contributed by atoms with Gasteiger partial charge in [0.15, 0.2) is 0 Å². The predicted molar refractivity (Wildman–Crippen MR) is 80.9 cm³/mol. The average molecular weight is 283 g/mol. The van der Waals surface area contributed by atoms with Gasteiger partial charge in [0.1, 0.15) is 0 Å². The molecule has 3 nitrogen and oxygen atoms in total. The van der Waals surface area contributed by atoms with Gasteiger partial charge in [0.05, 0.1) is 5.60 Å². The first kappa shape index (κ1) is 14.6. The molecule has 19 heavy (non-hydrogen) atoms. The number of hydrogen-bond donors (Lipinski definition) is 2. The van der Waals surface area contributed by atoms with Crippen molar-refractivity contribution in [2.24, 2.45) is 0 Å². The second kappa shape index (κ2) is 5.70. The number of anilines is 1. The quantitative estimate of drug-likeness (QED) is 0.891. The number of hydrogen-bond acceptors (Lipinski definition) is 3. The van der Waals surface area contributed by atoms with Crippen LogP contribution in [0, 0.1) is 0 Å². The van der Waals surface area contributed by atoms with E-state index in [2.05, 4.69) is 30.1 Å². The molecule has 1 unspecified atom stereocenters. The molecule has 0 bridgehead atoms. The van der Waals surface area contributed by atoms with Gasteiger partial charge in [0, 0.05) is 36.4 Å². The molecule has 2 rings (SSSR count). The monoisotopic (exact) mass is 282 g/mol. The zero-order valence-corrected chi connectivity index (χ0v) is 12.7. The van der Waals surface area contributed by atoms with Crippen LogP contribution in [0.5, 0.6) is 0 Å². The van der Waals surface area contributed by atoms with E-state index in [-0.39, 0.29) is 0 Å². The standard InChI is InChI=1S/C15H23ClN2O/c1-11(2)17-9-12-8-13(16)4-5-14(12)18-7-6-15(3,19)10-18/h4-5,8,11,17,19H,6-7,9-10H2,1-3H3. The van der Waals surface area contributed by atoms with Crippen LogP contribution in [0.1, 0.15) is 32.8 Å². The van der Waals surface area contributed by atoms with Crippen LogP contribution in [0.25, 0.3) is 0 Å². The van der Waals surface area contributed by atoms with Gasteiger partial charge in [-0.05, 0) is 37.1 Å². The van der Waals surface area contributed by atoms with Gasteiger partial charge in [0.25, 0.3) is 0 Å². The molecule has 0 saturated carbocycles. The molecular weight excluding hydrogens is 260 g/mol. The molecule has 0 amide bonds. The van der Waals surface area contributed by atoms with Crippen LogP contribution in [0.3, 0.4) is 0 Å². The maximum Gasteiger partial charge on any atom is 0.0810 e. The molecule has 1 heterocycles. The molecule has 1 atom stereocenters. The van der Waals surface area contributed by atoms with Crippen molar-refractivity contribution in [3.63, 3.8) is 0 Å². The van der Waals surface area contributed by atoms with E-state index in [0.717, 1.165) is 24.5 Å². The molecule has 0 radical (unpaired) electrons. The molecule has 1 aromatic rings. The van der Waals surface area contributed by atoms with Gasteiger partial charge in [-0.1, -0.05) is 25.4 Å². The number of β-amino-alcohol motifs (C(OH)–C–C–N with tert-alkyl or cyclic N) is 1. The summed E-state index contributed by atoms with van der Waals surface area (Å²) in [6.45, 7) is 8.53. The van der Waals surface area contributed by atoms with Crippen LogP contribution in [0.4, 0.5) is 5.69 Å². The van der Waals surface area contributed by atoms with Gasteiger partial charge >= 0.3 is 0 Å². The molecule has 1 aliphatic heterocycles. The van der Waals surface area contributed by atoms with E-state index >= 15 is 0 Å². The summed E-state index contributed by atoms with van der Waals surface area (Å²) in [4.78, 5) is 2.24. The summed E-state index contributed by atoms with van der Waals surface area (Å²) in [7, 11) is 0. The zero-order valence-electron chi connectivity index (χ0n) is 11.9. The van der Waals surface area contributed by atoms with Gasteiger partial charge < -0.3 is 15.3 Å². The number of benzene rings is 1. The van der Waals surface area contributed by atoms with Gasteiger partial charge in [-0.2, -0.15) is 0 Å². The lowest BCUT2D eigenvalue weighted by atomic mass is 10.1. The fourth-order valence-electron chi connectivity index (χ4n) is 2.47. The fraction of sp³-hybridized carbons (Fsp3) is 0.600. The smallest absolute Gasteiger partial charge is 0.0810 e. The lowest BCUT2D eigenvalue weighted by Crippen LogP contribution is -2.30. The van der Waals surface area contributed by atoms with Gasteiger partial charge in [-0.25, -0.2) is 0 Å². The first-order valence-electron chi connectivity index (χ1n) is 6.86. The lowest BCUT2D eigenvalue weighted by molar-refractivity contribution is 0.0839. The summed E-state index contributed by atoms with van der Waals surface area (Å²) in [5.41, 5.74) is 1.79. The van der Waals surface area contributed by atoms with E-state index in [1.165, 1.54) is 11.3 Å². The Morgan fingerprint density at radius 2 is 2.21 bits per heavy atom. The summed E-state index contributed by atoms with van der Waals surface area (Å²) < 4.78 is 0. The molecule has 4 heteroatoms. The molecule has 0 aromatic heterocycles. The van der Waals surface area contributed by atoms with Crippen LogP contribution in [-0.2, 0) is 6.54 Å². The van der Waals surface area contributed by atoms with E-state index in [1.54, 1.807) is 0 Å². The fourth-order valence-corrected chi connectivity index (χ4v) is 2.66. The summed E-state index contributed by atoms with van der Waals surface area (Å²) in [5.74, 6) is 0. The summed E-state index contributed by atoms with van der Waals surface area (Å²) in [6, 6.07) is 6.43. The topological polar surface area (TPSA) is 35.5 Å². The Bertz CT molecular complexity index is 446. The second-order valence-electron chi connectivity index (χ2n) is 5.98. The number of rotatable bonds is 4. The third-order valence-corrected chi connectivity index (χ3v) is 3.77. The van der Waals surface area contributed by atoms with Crippen LogP contribution in [-0.4, -0.2) is 29.8 Å². The second-order valence-corrected chi connectivity index (χ2v) is 6.41. The van der Waals surface area contributed by atoms with E-state index in [9.17, 15) is 5.11 Å². The highest BCUT2D eigenvalue weighted by molar-refractivity contribution is 6.30. The minimum absolute atomic E-state index is 0.438. The first-order chi connectivity index (χ1) is 8.87. The Morgan fingerprint density at radius 3 is 2.79 bits per heavy atom. The van der Waals surface area contributed by atoms with Gasteiger partial charge in [-0.15, -0.1) is 0 Å². The Hall–Kier alpha value is -0.770. The summed E-state index contributed by atoms with van der Waals surface area (Å²) in [6.07, 6.45) is 0.812. The first-order valence-corrected chi connectivity index (χ1v) is 7.24. The number of aliphatic hydroxyl groups is 1. The predicted octanol–water partition coefficient (Wildman–Crippen LogP) is 2.80. The Morgan fingerprint density at radius 1 is 1.47 bits per heavy atom. The molecular formula is C15H23ClN2O. The van der Waals surface area contributed by atoms with E-state index in [0.29, 0.717) is 12.6 Å². The Labute approximate surface area is 120 Å². The largest absolute Gasteiger partial charge is 0.388 e. The van der Waals surface area contributed by atoms with Gasteiger partial charge in [-0.3, -0.25) is 0 Å². The highest BCUT2D eigenvalue weighted by atomic mass is 35.5. The van der Waals surface area contributed by atoms with E-state index in [1.807, 2.05) is 19.1 Å². The SMILES string of the molecule is CC(C)NCc1cc(Cl)ccc1N1CCC(C)(O)C1. The Balaban J connectivity index is 2.19. The molecule has 1 saturated heterocycles. The summed E-state index contributed by atoms with van der Waals surface area (Å²) >= 11 is 6.10. The molecule has 1 aliphatic rings. The molecule has 2 N–H and O–H groups in total. The van der Waals surface area contributed by atoms with Crippen molar-refractivity contribution in [3.05, 3.63) is 28.8 Å². The number of nitrogens with one attached hydrogen (secondary N) is 1. The number of nitrogens with zero attached hydrogens (tertiary/aromatic N) is 1. The molecule has 0 aliphatic carbocycles. The van der Waals surface area contributed by atoms with Crippen molar-refractivity contribution < 1.29 is 5.11 Å². The van der Waals surface area contributed by atoms with Gasteiger partial charge in [0.2, 0.25) is 0 Å². The van der Waals surface area contributed by atoms with Crippen molar-refractivity contribution in [3.8, 4) is 0 Å². The minimum atomic E-state index is -0.581. The minimum Gasteiger partial charge on any atom is -0.388 e. The van der Waals surface area contributed by atoms with Crippen molar-refractivity contribution in [1.29, 1.82) is 0 Å². The van der Waals surface area contributed by atoms with Crippen molar-refractivity contribution in [1.82, 2.24) is 5.32 Å². The van der Waals surface area contributed by atoms with Crippen LogP contribution in [0.15, 0.2) is 18.2 Å². The average Bonchev–Trinajstić information content (AvgIpc) is 2.67. The summed E-state index contributed by atoms with van der Waals surface area (Å²) in [5, 5.41) is 14.3. The molecule has 0 spiro atoms. The van der Waals surface area contributed by atoms with Crippen LogP contribution < -0.4 is 10.2 Å². The van der Waals surface area contributed by atoms with Crippen molar-refractivity contribution in [2.45, 2.75) is 45.4 Å². The van der Waals surface area contributed by atoms with Crippen LogP contribution in [0.2, 0.25) is 5.02 Å². The Kier molecular flexibility index (Phi) is 4.39. The lowest BCUT2D eigenvalue weighted by Gasteiger charge is -2.24. The van der Waals surface area contributed by atoms with E-state index in [4.69, 9.17) is 11.6 Å². The molecule has 1 fully saturated rings. The molecule has 106 valence electrons. The number of halogens is 1. The van der Waals surface area contributed by atoms with E-state index < -0.39 is 5.60 Å². The third-order valence-electron chi connectivity index (χ3n) is 3.53. The third kappa shape index (κ3) is 3.85. The highest BCUT2D eigenvalue weighted by Crippen LogP contribution is 2.30. The molecule has 1 aromatic carbocycles. The maximum absolute atomic E-state index is 10.1. The maximum atomic E-state index is 10.1. The normalized spacial score (nSPS) is 23.4. The highest BCUT2D eigenvalue weighted by Gasteiger charge is 2.32. The zero-order chi connectivity index (χ0) is 14.0. The van der Waals surface area contributed by atoms with Crippen molar-refractivity contribution in [2.75, 3.05) is 18.0 Å². The van der Waals surface area contributed by atoms with Crippen LogP contribution >= 0.6 is 11.6 Å².